The van der Waals surface area contributed by atoms with Crippen molar-refractivity contribution in [3.8, 4) is 5.75 Å². The quantitative estimate of drug-likeness (QED) is 0.511. The lowest BCUT2D eigenvalue weighted by Crippen LogP contribution is -2.32. The van der Waals surface area contributed by atoms with Crippen molar-refractivity contribution in [1.29, 1.82) is 5.41 Å². The first kappa shape index (κ1) is 16.1. The number of halogens is 6. The number of benzene rings is 1. The molecule has 0 saturated carbocycles. The fourth-order valence-corrected chi connectivity index (χ4v) is 1.28. The second kappa shape index (κ2) is 5.22. The number of hydrogen-bond donors (Lipinski definition) is 2. The summed E-state index contributed by atoms with van der Waals surface area (Å²) in [6.45, 7) is 0.696. The Morgan fingerprint density at radius 1 is 1.20 bits per heavy atom. The Morgan fingerprint density at radius 2 is 1.75 bits per heavy atom. The van der Waals surface area contributed by atoms with Crippen molar-refractivity contribution < 1.29 is 31.1 Å². The molecular weight excluding hydrogens is 290 g/mol. The minimum absolute atomic E-state index is 0.473. The molecule has 1 rings (SSSR count). The number of hydrogen-bond acceptors (Lipinski definition) is 2. The Labute approximate surface area is 109 Å². The van der Waals surface area contributed by atoms with E-state index in [1.54, 1.807) is 0 Å². The first-order valence-electron chi connectivity index (χ1n) is 5.22. The van der Waals surface area contributed by atoms with Gasteiger partial charge in [0.15, 0.2) is 6.10 Å². The zero-order valence-corrected chi connectivity index (χ0v) is 10.1. The van der Waals surface area contributed by atoms with Crippen LogP contribution in [0, 0.1) is 5.41 Å². The van der Waals surface area contributed by atoms with E-state index < -0.39 is 41.2 Å². The van der Waals surface area contributed by atoms with Gasteiger partial charge in [-0.1, -0.05) is 0 Å². The van der Waals surface area contributed by atoms with Crippen molar-refractivity contribution in [1.82, 2.24) is 0 Å². The Bertz CT molecular complexity index is 509. The predicted molar refractivity (Wildman–Crippen MR) is 58.6 cm³/mol. The van der Waals surface area contributed by atoms with Crippen LogP contribution < -0.4 is 10.5 Å². The number of nitrogen functional groups attached to an aromatic ring is 1. The number of rotatable bonds is 3. The third-order valence-corrected chi connectivity index (χ3v) is 2.36. The molecule has 0 radical (unpaired) electrons. The van der Waals surface area contributed by atoms with Crippen molar-refractivity contribution >= 4 is 5.84 Å². The van der Waals surface area contributed by atoms with E-state index in [9.17, 15) is 26.3 Å². The van der Waals surface area contributed by atoms with Crippen LogP contribution in [0.25, 0.3) is 0 Å². The molecule has 9 heteroatoms. The maximum atomic E-state index is 12.5. The smallest absolute Gasteiger partial charge is 0.425 e. The average molecular weight is 300 g/mol. The van der Waals surface area contributed by atoms with Crippen LogP contribution in [0.3, 0.4) is 0 Å². The summed E-state index contributed by atoms with van der Waals surface area (Å²) in [6, 6.07) is 1.74. The molecule has 0 spiro atoms. The number of ether oxygens (including phenoxy) is 1. The van der Waals surface area contributed by atoms with Crippen LogP contribution in [0.5, 0.6) is 5.75 Å². The zero-order chi connectivity index (χ0) is 15.7. The summed E-state index contributed by atoms with van der Waals surface area (Å²) < 4.78 is 79.0. The highest BCUT2D eigenvalue weighted by Crippen LogP contribution is 2.34. The van der Waals surface area contributed by atoms with Gasteiger partial charge in [0.1, 0.15) is 11.6 Å². The van der Waals surface area contributed by atoms with Gasteiger partial charge in [-0.3, -0.25) is 5.41 Å². The molecule has 1 aromatic rings. The molecule has 1 aromatic carbocycles. The first-order chi connectivity index (χ1) is 8.93. The first-order valence-corrected chi connectivity index (χ1v) is 5.22. The van der Waals surface area contributed by atoms with Crippen molar-refractivity contribution in [2.45, 2.75) is 25.4 Å². The van der Waals surface area contributed by atoms with Crippen LogP contribution in [-0.4, -0.2) is 18.1 Å². The van der Waals surface area contributed by atoms with Gasteiger partial charge < -0.3 is 10.5 Å². The summed E-state index contributed by atoms with van der Waals surface area (Å²) in [5.74, 6) is -1.35. The highest BCUT2D eigenvalue weighted by molar-refractivity contribution is 5.97. The Kier molecular flexibility index (Phi) is 4.21. The van der Waals surface area contributed by atoms with Gasteiger partial charge in [-0.25, -0.2) is 0 Å². The maximum Gasteiger partial charge on any atom is 0.425 e. The second-order valence-corrected chi connectivity index (χ2v) is 3.92. The Morgan fingerprint density at radius 3 is 2.15 bits per heavy atom. The van der Waals surface area contributed by atoms with Gasteiger partial charge in [-0.05, 0) is 25.1 Å². The number of nitrogens with one attached hydrogen (secondary N) is 1. The molecule has 0 aromatic heterocycles. The highest BCUT2D eigenvalue weighted by atomic mass is 19.4. The lowest BCUT2D eigenvalue weighted by atomic mass is 10.1. The molecule has 0 aliphatic heterocycles. The molecule has 0 heterocycles. The molecule has 0 amide bonds. The van der Waals surface area contributed by atoms with Gasteiger partial charge >= 0.3 is 12.4 Å². The maximum absolute atomic E-state index is 12.5. The van der Waals surface area contributed by atoms with Crippen LogP contribution in [0.15, 0.2) is 18.2 Å². The molecule has 112 valence electrons. The molecule has 0 fully saturated rings. The van der Waals surface area contributed by atoms with E-state index >= 15 is 0 Å². The molecule has 0 bridgehead atoms. The van der Waals surface area contributed by atoms with E-state index in [1.165, 1.54) is 0 Å². The van der Waals surface area contributed by atoms with Crippen LogP contribution in [0.4, 0.5) is 26.3 Å². The summed E-state index contributed by atoms with van der Waals surface area (Å²) in [5.41, 5.74) is 3.39. The molecule has 0 aliphatic carbocycles. The Balaban J connectivity index is 3.18. The normalized spacial score (nSPS) is 13.9. The number of amidine groups is 1. The minimum Gasteiger partial charge on any atom is -0.480 e. The van der Waals surface area contributed by atoms with Crippen molar-refractivity contribution in [2.75, 3.05) is 0 Å². The summed E-state index contributed by atoms with van der Waals surface area (Å²) in [4.78, 5) is 0. The standard InChI is InChI=1S/C11H10F6N2O/c1-5(10(12,13)14)20-8-3-2-6(11(15,16)17)4-7(8)9(18)19/h2-5H,1H3,(H3,18,19). The second-order valence-electron chi connectivity index (χ2n) is 3.92. The zero-order valence-electron chi connectivity index (χ0n) is 10.1. The molecular formula is C11H10F6N2O. The van der Waals surface area contributed by atoms with E-state index in [2.05, 4.69) is 4.74 Å². The average Bonchev–Trinajstić information content (AvgIpc) is 2.26. The SMILES string of the molecule is CC(Oc1ccc(C(F)(F)F)cc1C(=N)N)C(F)(F)F. The highest BCUT2D eigenvalue weighted by Gasteiger charge is 2.39. The van der Waals surface area contributed by atoms with Gasteiger partial charge in [0.25, 0.3) is 0 Å². The van der Waals surface area contributed by atoms with Crippen LogP contribution in [0.1, 0.15) is 18.1 Å². The van der Waals surface area contributed by atoms with Crippen molar-refractivity contribution in [3.05, 3.63) is 29.3 Å². The van der Waals surface area contributed by atoms with Gasteiger partial charge in [-0.2, -0.15) is 26.3 Å². The molecule has 1 unspecified atom stereocenters. The monoisotopic (exact) mass is 300 g/mol. The predicted octanol–water partition coefficient (Wildman–Crippen LogP) is 3.32. The van der Waals surface area contributed by atoms with Gasteiger partial charge in [0.05, 0.1) is 11.1 Å². The summed E-state index contributed by atoms with van der Waals surface area (Å²) in [5, 5.41) is 7.13. The van der Waals surface area contributed by atoms with E-state index in [4.69, 9.17) is 11.1 Å². The van der Waals surface area contributed by atoms with Crippen molar-refractivity contribution in [2.24, 2.45) is 5.73 Å². The fraction of sp³-hybridized carbons (Fsp3) is 0.364. The third-order valence-electron chi connectivity index (χ3n) is 2.36. The Hall–Kier alpha value is -1.93. The van der Waals surface area contributed by atoms with E-state index in [0.717, 1.165) is 0 Å². The van der Waals surface area contributed by atoms with Gasteiger partial charge in [0, 0.05) is 0 Å². The molecule has 1 atom stereocenters. The third kappa shape index (κ3) is 3.78. The molecule has 0 aliphatic rings. The topological polar surface area (TPSA) is 59.1 Å². The van der Waals surface area contributed by atoms with Gasteiger partial charge in [-0.15, -0.1) is 0 Å². The number of alkyl halides is 6. The summed E-state index contributed by atoms with van der Waals surface area (Å²) in [7, 11) is 0. The van der Waals surface area contributed by atoms with Crippen LogP contribution in [-0.2, 0) is 6.18 Å². The molecule has 20 heavy (non-hydrogen) atoms. The van der Waals surface area contributed by atoms with E-state index in [0.29, 0.717) is 25.1 Å². The lowest BCUT2D eigenvalue weighted by Gasteiger charge is -2.20. The summed E-state index contributed by atoms with van der Waals surface area (Å²) in [6.07, 6.45) is -11.6. The molecule has 3 nitrogen and oxygen atoms in total. The molecule has 0 saturated heterocycles. The fourth-order valence-electron chi connectivity index (χ4n) is 1.28. The van der Waals surface area contributed by atoms with Crippen molar-refractivity contribution in [3.63, 3.8) is 0 Å². The van der Waals surface area contributed by atoms with E-state index in [1.807, 2.05) is 0 Å². The van der Waals surface area contributed by atoms with Crippen LogP contribution in [0.2, 0.25) is 0 Å². The van der Waals surface area contributed by atoms with Gasteiger partial charge in [0.2, 0.25) is 0 Å². The minimum atomic E-state index is -4.70. The molecule has 3 N–H and O–H groups in total. The summed E-state index contributed by atoms with van der Waals surface area (Å²) >= 11 is 0. The largest absolute Gasteiger partial charge is 0.480 e. The number of nitrogens with two attached hydrogens (primary N) is 1. The lowest BCUT2D eigenvalue weighted by molar-refractivity contribution is -0.189. The van der Waals surface area contributed by atoms with E-state index in [-0.39, 0.29) is 0 Å². The van der Waals surface area contributed by atoms with Crippen LogP contribution >= 0.6 is 0 Å².